The average molecular weight is 182 g/mol. The van der Waals surface area contributed by atoms with E-state index in [0.717, 1.165) is 15.8 Å². The molecule has 0 aliphatic heterocycles. The Bertz CT molecular complexity index is 187. The molecule has 0 bridgehead atoms. The summed E-state index contributed by atoms with van der Waals surface area (Å²) >= 11 is 12.6. The number of aromatic nitrogens is 1. The molecule has 0 aromatic carbocycles. The van der Waals surface area contributed by atoms with E-state index < -0.39 is 0 Å². The fraction of sp³-hybridized carbons (Fsp3) is 0.400. The SMILES string of the molecule is ClCCc1ncc(Cl)s1. The molecule has 4 heteroatoms. The summed E-state index contributed by atoms with van der Waals surface area (Å²) in [5, 5.41) is 1.01. The lowest BCUT2D eigenvalue weighted by Crippen LogP contribution is -1.81. The topological polar surface area (TPSA) is 12.9 Å². The molecular weight excluding hydrogens is 177 g/mol. The molecule has 0 saturated carbocycles. The third kappa shape index (κ3) is 2.12. The van der Waals surface area contributed by atoms with Crippen molar-refractivity contribution in [2.24, 2.45) is 0 Å². The van der Waals surface area contributed by atoms with E-state index >= 15 is 0 Å². The monoisotopic (exact) mass is 181 g/mol. The smallest absolute Gasteiger partial charge is 0.113 e. The number of aryl methyl sites for hydroxylation is 1. The van der Waals surface area contributed by atoms with Gasteiger partial charge >= 0.3 is 0 Å². The first-order valence-electron chi connectivity index (χ1n) is 2.49. The molecule has 0 N–H and O–H groups in total. The van der Waals surface area contributed by atoms with Crippen molar-refractivity contribution in [3.8, 4) is 0 Å². The summed E-state index contributed by atoms with van der Waals surface area (Å²) in [6.45, 7) is 0. The second kappa shape index (κ2) is 3.40. The van der Waals surface area contributed by atoms with Crippen LogP contribution < -0.4 is 0 Å². The molecule has 1 rings (SSSR count). The van der Waals surface area contributed by atoms with Crippen LogP contribution in [0.2, 0.25) is 4.34 Å². The molecule has 0 spiro atoms. The standard InChI is InChI=1S/C5H5Cl2NS/c6-2-1-5-8-3-4(7)9-5/h3H,1-2H2. The van der Waals surface area contributed by atoms with Gasteiger partial charge in [-0.2, -0.15) is 0 Å². The molecular formula is C5H5Cl2NS. The molecule has 0 aliphatic rings. The van der Waals surface area contributed by atoms with Gasteiger partial charge in [0.05, 0.1) is 11.2 Å². The maximum atomic E-state index is 5.61. The van der Waals surface area contributed by atoms with E-state index in [1.165, 1.54) is 11.3 Å². The normalized spacial score (nSPS) is 10.0. The van der Waals surface area contributed by atoms with Gasteiger partial charge in [0.25, 0.3) is 0 Å². The molecule has 1 aromatic rings. The van der Waals surface area contributed by atoms with Crippen molar-refractivity contribution in [3.63, 3.8) is 0 Å². The van der Waals surface area contributed by atoms with Crippen LogP contribution in [0.1, 0.15) is 5.01 Å². The van der Waals surface area contributed by atoms with Crippen molar-refractivity contribution < 1.29 is 0 Å². The van der Waals surface area contributed by atoms with Crippen LogP contribution in [0, 0.1) is 0 Å². The predicted octanol–water partition coefficient (Wildman–Crippen LogP) is 2.58. The molecule has 0 atom stereocenters. The lowest BCUT2D eigenvalue weighted by Gasteiger charge is -1.83. The average Bonchev–Trinajstić information content (AvgIpc) is 2.17. The summed E-state index contributed by atoms with van der Waals surface area (Å²) in [7, 11) is 0. The van der Waals surface area contributed by atoms with Crippen LogP contribution in [-0.2, 0) is 6.42 Å². The van der Waals surface area contributed by atoms with Crippen LogP contribution in [0.25, 0.3) is 0 Å². The molecule has 0 unspecified atom stereocenters. The molecule has 50 valence electrons. The minimum absolute atomic E-state index is 0.615. The lowest BCUT2D eigenvalue weighted by molar-refractivity contribution is 1.10. The van der Waals surface area contributed by atoms with Crippen molar-refractivity contribution in [2.75, 3.05) is 5.88 Å². The van der Waals surface area contributed by atoms with Gasteiger partial charge < -0.3 is 0 Å². The summed E-state index contributed by atoms with van der Waals surface area (Å²) in [5.74, 6) is 0.615. The highest BCUT2D eigenvalue weighted by Gasteiger charge is 1.96. The Kier molecular flexibility index (Phi) is 2.76. The van der Waals surface area contributed by atoms with Crippen molar-refractivity contribution >= 4 is 34.5 Å². The van der Waals surface area contributed by atoms with Crippen LogP contribution in [-0.4, -0.2) is 10.9 Å². The van der Waals surface area contributed by atoms with Crippen LogP contribution >= 0.6 is 34.5 Å². The molecule has 0 fully saturated rings. The molecule has 0 saturated heterocycles. The summed E-state index contributed by atoms with van der Waals surface area (Å²) in [6.07, 6.45) is 2.47. The number of hydrogen-bond acceptors (Lipinski definition) is 2. The fourth-order valence-electron chi connectivity index (χ4n) is 0.484. The first-order valence-corrected chi connectivity index (χ1v) is 4.22. The van der Waals surface area contributed by atoms with Gasteiger partial charge in [0, 0.05) is 12.3 Å². The highest BCUT2D eigenvalue weighted by Crippen LogP contribution is 2.18. The van der Waals surface area contributed by atoms with Gasteiger partial charge in [-0.05, 0) is 0 Å². The van der Waals surface area contributed by atoms with Gasteiger partial charge in [0.15, 0.2) is 0 Å². The van der Waals surface area contributed by atoms with Gasteiger partial charge in [-0.3, -0.25) is 0 Å². The fourth-order valence-corrected chi connectivity index (χ4v) is 1.73. The first-order chi connectivity index (χ1) is 4.33. The molecule has 0 radical (unpaired) electrons. The molecule has 1 aromatic heterocycles. The van der Waals surface area contributed by atoms with E-state index in [9.17, 15) is 0 Å². The summed E-state index contributed by atoms with van der Waals surface area (Å²) < 4.78 is 0.732. The number of halogens is 2. The van der Waals surface area contributed by atoms with Crippen LogP contribution in [0.5, 0.6) is 0 Å². The summed E-state index contributed by atoms with van der Waals surface area (Å²) in [4.78, 5) is 4.01. The Morgan fingerprint density at radius 1 is 1.67 bits per heavy atom. The lowest BCUT2D eigenvalue weighted by atomic mass is 10.5. The predicted molar refractivity (Wildman–Crippen MR) is 41.5 cm³/mol. The second-order valence-corrected chi connectivity index (χ2v) is 3.62. The zero-order valence-corrected chi connectivity index (χ0v) is 6.93. The number of alkyl halides is 1. The highest BCUT2D eigenvalue weighted by atomic mass is 35.5. The Balaban J connectivity index is 2.61. The number of hydrogen-bond donors (Lipinski definition) is 0. The van der Waals surface area contributed by atoms with Crippen molar-refractivity contribution in [1.29, 1.82) is 0 Å². The maximum Gasteiger partial charge on any atom is 0.113 e. The van der Waals surface area contributed by atoms with Crippen LogP contribution in [0.15, 0.2) is 6.20 Å². The maximum absolute atomic E-state index is 5.61. The summed E-state index contributed by atoms with van der Waals surface area (Å²) in [5.41, 5.74) is 0. The number of rotatable bonds is 2. The molecule has 1 heterocycles. The molecule has 0 aliphatic carbocycles. The molecule has 9 heavy (non-hydrogen) atoms. The van der Waals surface area contributed by atoms with Crippen LogP contribution in [0.3, 0.4) is 0 Å². The van der Waals surface area contributed by atoms with Gasteiger partial charge in [-0.15, -0.1) is 22.9 Å². The zero-order chi connectivity index (χ0) is 6.69. The highest BCUT2D eigenvalue weighted by molar-refractivity contribution is 7.15. The minimum Gasteiger partial charge on any atom is -0.248 e. The quantitative estimate of drug-likeness (QED) is 0.640. The Hall–Kier alpha value is 0.210. The Labute approximate surface area is 67.6 Å². The van der Waals surface area contributed by atoms with Gasteiger partial charge in [-0.25, -0.2) is 4.98 Å². The van der Waals surface area contributed by atoms with E-state index in [1.807, 2.05) is 0 Å². The van der Waals surface area contributed by atoms with Gasteiger partial charge in [-0.1, -0.05) is 11.6 Å². The molecule has 1 nitrogen and oxygen atoms in total. The van der Waals surface area contributed by atoms with E-state index in [0.29, 0.717) is 5.88 Å². The van der Waals surface area contributed by atoms with E-state index in [-0.39, 0.29) is 0 Å². The van der Waals surface area contributed by atoms with Crippen LogP contribution in [0.4, 0.5) is 0 Å². The van der Waals surface area contributed by atoms with E-state index in [2.05, 4.69) is 4.98 Å². The largest absolute Gasteiger partial charge is 0.248 e. The second-order valence-electron chi connectivity index (χ2n) is 1.50. The zero-order valence-electron chi connectivity index (χ0n) is 4.60. The number of thiazole rings is 1. The van der Waals surface area contributed by atoms with Gasteiger partial charge in [0.2, 0.25) is 0 Å². The third-order valence-corrected chi connectivity index (χ3v) is 2.20. The Morgan fingerprint density at radius 2 is 2.44 bits per heavy atom. The molecule has 0 amide bonds. The minimum atomic E-state index is 0.615. The Morgan fingerprint density at radius 3 is 2.89 bits per heavy atom. The van der Waals surface area contributed by atoms with E-state index in [1.54, 1.807) is 6.20 Å². The van der Waals surface area contributed by atoms with Crippen molar-refractivity contribution in [1.82, 2.24) is 4.98 Å². The summed E-state index contributed by atoms with van der Waals surface area (Å²) in [6, 6.07) is 0. The van der Waals surface area contributed by atoms with Gasteiger partial charge in [0.1, 0.15) is 4.34 Å². The van der Waals surface area contributed by atoms with Crippen molar-refractivity contribution in [2.45, 2.75) is 6.42 Å². The number of nitrogens with zero attached hydrogens (tertiary/aromatic N) is 1. The van der Waals surface area contributed by atoms with E-state index in [4.69, 9.17) is 23.2 Å². The third-order valence-electron chi connectivity index (χ3n) is 0.834. The first kappa shape index (κ1) is 7.32. The van der Waals surface area contributed by atoms with Crippen molar-refractivity contribution in [3.05, 3.63) is 15.5 Å².